The third-order valence-corrected chi connectivity index (χ3v) is 8.78. The Hall–Kier alpha value is -2.91. The van der Waals surface area contributed by atoms with Crippen molar-refractivity contribution in [1.29, 1.82) is 0 Å². The highest BCUT2D eigenvalue weighted by atomic mass is 32.1. The van der Waals surface area contributed by atoms with Gasteiger partial charge in [-0.2, -0.15) is 0 Å². The topological polar surface area (TPSA) is 26.0 Å². The van der Waals surface area contributed by atoms with Crippen LogP contribution < -0.4 is 0 Å². The number of benzene rings is 2. The molecule has 0 N–H and O–H groups in total. The largest absolute Gasteiger partial charge is 0.454 e. The first-order valence-corrected chi connectivity index (χ1v) is 13.6. The third kappa shape index (κ3) is 3.63. The van der Waals surface area contributed by atoms with E-state index in [0.29, 0.717) is 5.92 Å². The van der Waals surface area contributed by atoms with E-state index in [1.165, 1.54) is 48.0 Å². The fraction of sp³-hybridized carbons (Fsp3) is 0.344. The van der Waals surface area contributed by atoms with Crippen molar-refractivity contribution in [3.63, 3.8) is 0 Å². The minimum absolute atomic E-state index is 0.0641. The van der Waals surface area contributed by atoms with Crippen LogP contribution in [0.15, 0.2) is 59.2 Å². The Bertz CT molecular complexity index is 1620. The quantitative estimate of drug-likeness (QED) is 0.257. The summed E-state index contributed by atoms with van der Waals surface area (Å²) in [6.45, 7) is 13.8. The number of hydrogen-bond donors (Lipinski definition) is 0. The van der Waals surface area contributed by atoms with Crippen LogP contribution >= 0.6 is 11.3 Å². The average molecular weight is 480 g/mol. The normalized spacial score (nSPS) is 16.4. The predicted octanol–water partition coefficient (Wildman–Crippen LogP) is 9.47. The fourth-order valence-corrected chi connectivity index (χ4v) is 7.26. The molecule has 35 heavy (non-hydrogen) atoms. The molecule has 3 heterocycles. The SMILES string of the molecule is Cc1c(CC(C)C)sc2c1ccc1c2oc2ccnc(C3C=C(C(C)(C)C)c4ccccc4C3)c21. The Balaban J connectivity index is 1.58. The molecule has 5 aromatic rings. The van der Waals surface area contributed by atoms with Crippen molar-refractivity contribution >= 4 is 48.9 Å². The summed E-state index contributed by atoms with van der Waals surface area (Å²) < 4.78 is 7.86. The zero-order valence-corrected chi connectivity index (χ0v) is 22.3. The maximum Gasteiger partial charge on any atom is 0.153 e. The van der Waals surface area contributed by atoms with Gasteiger partial charge in [-0.15, -0.1) is 11.3 Å². The lowest BCUT2D eigenvalue weighted by Gasteiger charge is -2.31. The van der Waals surface area contributed by atoms with Crippen LogP contribution in [0.1, 0.15) is 67.8 Å². The van der Waals surface area contributed by atoms with Gasteiger partial charge in [0.05, 0.1) is 15.8 Å². The zero-order valence-electron chi connectivity index (χ0n) is 21.5. The van der Waals surface area contributed by atoms with Crippen molar-refractivity contribution in [1.82, 2.24) is 4.98 Å². The standard InChI is InChI=1S/C32H33NOS/c1-18(2)15-27-19(3)22-11-12-24-28-26(34-30(24)31(22)35-27)13-14-33-29(28)21-16-20-9-7-8-10-23(20)25(17-21)32(4,5)6/h7-14,17-18,21H,15-16H2,1-6H3. The number of pyridine rings is 1. The lowest BCUT2D eigenvalue weighted by Crippen LogP contribution is -2.17. The molecule has 2 nitrogen and oxygen atoms in total. The summed E-state index contributed by atoms with van der Waals surface area (Å²) >= 11 is 1.91. The fourth-order valence-electron chi connectivity index (χ4n) is 5.76. The number of fused-ring (bicyclic) bond motifs is 6. The monoisotopic (exact) mass is 479 g/mol. The number of nitrogens with zero attached hydrogens (tertiary/aromatic N) is 1. The highest BCUT2D eigenvalue weighted by molar-refractivity contribution is 7.20. The molecule has 1 atom stereocenters. The summed E-state index contributed by atoms with van der Waals surface area (Å²) in [5.74, 6) is 0.864. The average Bonchev–Trinajstić information content (AvgIpc) is 3.35. The van der Waals surface area contributed by atoms with Gasteiger partial charge in [0, 0.05) is 22.4 Å². The van der Waals surface area contributed by atoms with Crippen LogP contribution in [0.2, 0.25) is 0 Å². The van der Waals surface area contributed by atoms with Crippen molar-refractivity contribution < 1.29 is 4.42 Å². The molecule has 0 aliphatic heterocycles. The number of rotatable bonds is 3. The number of furan rings is 1. The van der Waals surface area contributed by atoms with Gasteiger partial charge >= 0.3 is 0 Å². The minimum atomic E-state index is 0.0641. The van der Waals surface area contributed by atoms with E-state index in [1.54, 1.807) is 0 Å². The van der Waals surface area contributed by atoms with Gasteiger partial charge < -0.3 is 4.42 Å². The molecule has 178 valence electrons. The van der Waals surface area contributed by atoms with Crippen LogP contribution in [0.5, 0.6) is 0 Å². The number of hydrogen-bond acceptors (Lipinski definition) is 3. The van der Waals surface area contributed by atoms with Gasteiger partial charge in [0.2, 0.25) is 0 Å². The van der Waals surface area contributed by atoms with E-state index in [2.05, 4.69) is 84.0 Å². The molecule has 0 bridgehead atoms. The van der Waals surface area contributed by atoms with E-state index in [0.717, 1.165) is 29.7 Å². The third-order valence-electron chi connectivity index (χ3n) is 7.45. The van der Waals surface area contributed by atoms with Gasteiger partial charge in [-0.05, 0) is 70.9 Å². The molecular formula is C32H33NOS. The van der Waals surface area contributed by atoms with Gasteiger partial charge in [-0.1, -0.05) is 71.0 Å². The second kappa shape index (κ2) is 8.06. The Kier molecular flexibility index (Phi) is 5.19. The molecule has 3 heteroatoms. The van der Waals surface area contributed by atoms with Crippen molar-refractivity contribution in [3.05, 3.63) is 82.0 Å². The van der Waals surface area contributed by atoms with Crippen molar-refractivity contribution in [2.75, 3.05) is 0 Å². The van der Waals surface area contributed by atoms with Gasteiger partial charge in [0.15, 0.2) is 5.58 Å². The first kappa shape index (κ1) is 22.5. The maximum absolute atomic E-state index is 6.58. The van der Waals surface area contributed by atoms with Gasteiger partial charge in [-0.3, -0.25) is 4.98 Å². The highest BCUT2D eigenvalue weighted by Gasteiger charge is 2.30. The first-order valence-electron chi connectivity index (χ1n) is 12.7. The van der Waals surface area contributed by atoms with Gasteiger partial charge in [-0.25, -0.2) is 0 Å². The molecule has 0 saturated heterocycles. The summed E-state index contributed by atoms with van der Waals surface area (Å²) in [4.78, 5) is 6.46. The summed E-state index contributed by atoms with van der Waals surface area (Å²) in [5, 5.41) is 3.69. The van der Waals surface area contributed by atoms with E-state index < -0.39 is 0 Å². The Morgan fingerprint density at radius 2 is 1.83 bits per heavy atom. The highest BCUT2D eigenvalue weighted by Crippen LogP contribution is 2.46. The molecule has 0 fully saturated rings. The minimum Gasteiger partial charge on any atom is -0.454 e. The van der Waals surface area contributed by atoms with Crippen molar-refractivity contribution in [3.8, 4) is 0 Å². The summed E-state index contributed by atoms with van der Waals surface area (Å²) in [6.07, 6.45) is 6.47. The second-order valence-electron chi connectivity index (χ2n) is 11.5. The molecule has 1 aliphatic carbocycles. The Morgan fingerprint density at radius 3 is 2.60 bits per heavy atom. The number of allylic oxidation sites excluding steroid dienone is 2. The summed E-state index contributed by atoms with van der Waals surface area (Å²) in [5.41, 5.74) is 8.76. The van der Waals surface area contributed by atoms with E-state index in [4.69, 9.17) is 9.40 Å². The van der Waals surface area contributed by atoms with Crippen molar-refractivity contribution in [2.45, 2.75) is 60.3 Å². The van der Waals surface area contributed by atoms with Crippen LogP contribution in [-0.4, -0.2) is 4.98 Å². The Morgan fingerprint density at radius 1 is 1.06 bits per heavy atom. The number of aryl methyl sites for hydroxylation is 1. The lowest BCUT2D eigenvalue weighted by molar-refractivity contribution is 0.558. The second-order valence-corrected chi connectivity index (χ2v) is 12.6. The molecule has 0 radical (unpaired) electrons. The molecule has 1 aliphatic rings. The molecule has 1 unspecified atom stereocenters. The van der Waals surface area contributed by atoms with E-state index in [-0.39, 0.29) is 11.3 Å². The van der Waals surface area contributed by atoms with E-state index in [9.17, 15) is 0 Å². The number of thiophene rings is 1. The Labute approximate surface area is 211 Å². The van der Waals surface area contributed by atoms with Crippen LogP contribution in [-0.2, 0) is 12.8 Å². The van der Waals surface area contributed by atoms with Gasteiger partial charge in [0.1, 0.15) is 5.58 Å². The molecule has 0 spiro atoms. The smallest absolute Gasteiger partial charge is 0.153 e. The van der Waals surface area contributed by atoms with Crippen LogP contribution in [0.25, 0.3) is 37.6 Å². The van der Waals surface area contributed by atoms with Crippen LogP contribution in [0.4, 0.5) is 0 Å². The number of aromatic nitrogens is 1. The van der Waals surface area contributed by atoms with Crippen LogP contribution in [0.3, 0.4) is 0 Å². The molecule has 2 aromatic carbocycles. The maximum atomic E-state index is 6.58. The predicted molar refractivity (Wildman–Crippen MR) is 150 cm³/mol. The summed E-state index contributed by atoms with van der Waals surface area (Å²) in [6, 6.07) is 15.5. The first-order chi connectivity index (χ1) is 16.7. The van der Waals surface area contributed by atoms with Gasteiger partial charge in [0.25, 0.3) is 0 Å². The zero-order chi connectivity index (χ0) is 24.5. The molecule has 3 aromatic heterocycles. The van der Waals surface area contributed by atoms with Crippen molar-refractivity contribution in [2.24, 2.45) is 11.3 Å². The summed E-state index contributed by atoms with van der Waals surface area (Å²) in [7, 11) is 0. The molecule has 0 amide bonds. The van der Waals surface area contributed by atoms with Crippen LogP contribution in [0, 0.1) is 18.3 Å². The van der Waals surface area contributed by atoms with E-state index in [1.807, 2.05) is 23.6 Å². The molecule has 6 rings (SSSR count). The lowest BCUT2D eigenvalue weighted by atomic mass is 9.73. The molecule has 0 saturated carbocycles. The molecular weight excluding hydrogens is 446 g/mol. The van der Waals surface area contributed by atoms with E-state index >= 15 is 0 Å².